The Morgan fingerprint density at radius 3 is 2.55 bits per heavy atom. The van der Waals surface area contributed by atoms with Crippen molar-refractivity contribution in [2.24, 2.45) is 5.92 Å². The van der Waals surface area contributed by atoms with Crippen LogP contribution in [-0.4, -0.2) is 52.3 Å². The Kier molecular flexibility index (Phi) is 6.26. The van der Waals surface area contributed by atoms with Crippen LogP contribution in [0.2, 0.25) is 0 Å². The first-order valence-corrected chi connectivity index (χ1v) is 7.40. The zero-order valence-corrected chi connectivity index (χ0v) is 12.4. The molecule has 0 spiro atoms. The van der Waals surface area contributed by atoms with E-state index in [-0.39, 0.29) is 12.6 Å². The Hall–Kier alpha value is -1.30. The van der Waals surface area contributed by atoms with E-state index in [2.05, 4.69) is 5.32 Å². The summed E-state index contributed by atoms with van der Waals surface area (Å²) in [7, 11) is 0. The first-order chi connectivity index (χ1) is 9.41. The second-order valence-electron chi connectivity index (χ2n) is 5.54. The molecule has 0 aromatic carbocycles. The summed E-state index contributed by atoms with van der Waals surface area (Å²) >= 11 is 0. The summed E-state index contributed by atoms with van der Waals surface area (Å²) < 4.78 is 0. The maximum Gasteiger partial charge on any atom is 0.317 e. The van der Waals surface area contributed by atoms with E-state index in [1.54, 1.807) is 4.90 Å². The summed E-state index contributed by atoms with van der Waals surface area (Å²) in [6, 6.07) is -0.231. The van der Waals surface area contributed by atoms with Crippen LogP contribution in [0.4, 0.5) is 4.79 Å². The van der Waals surface area contributed by atoms with Gasteiger partial charge in [0.1, 0.15) is 0 Å². The number of urea groups is 1. The lowest BCUT2D eigenvalue weighted by Gasteiger charge is -2.31. The normalized spacial score (nSPS) is 19.8. The number of carboxylic acid groups (broad SMARTS) is 1. The number of hydrogen-bond acceptors (Lipinski definition) is 3. The monoisotopic (exact) mass is 286 g/mol. The fourth-order valence-corrected chi connectivity index (χ4v) is 2.48. The molecular weight excluding hydrogens is 260 g/mol. The Bertz CT molecular complexity index is 342. The third-order valence-electron chi connectivity index (χ3n) is 4.24. The second kappa shape index (κ2) is 7.47. The van der Waals surface area contributed by atoms with Crippen molar-refractivity contribution in [2.45, 2.75) is 51.6 Å². The Balaban J connectivity index is 2.37. The third-order valence-corrected chi connectivity index (χ3v) is 4.24. The summed E-state index contributed by atoms with van der Waals surface area (Å²) in [5.74, 6) is -1.30. The number of carbonyl (C=O) groups is 2. The lowest BCUT2D eigenvalue weighted by molar-refractivity contribution is -0.143. The smallest absolute Gasteiger partial charge is 0.317 e. The van der Waals surface area contributed by atoms with Gasteiger partial charge in [-0.05, 0) is 32.1 Å². The number of piperidine rings is 1. The SMILES string of the molecule is CCC(O)(CC)CCNC(=O)N1CCCC(C(=O)O)C1. The number of carboxylic acids is 1. The molecule has 20 heavy (non-hydrogen) atoms. The van der Waals surface area contributed by atoms with E-state index in [1.807, 2.05) is 13.8 Å². The average Bonchev–Trinajstić information content (AvgIpc) is 2.47. The van der Waals surface area contributed by atoms with Crippen LogP contribution in [0.15, 0.2) is 0 Å². The lowest BCUT2D eigenvalue weighted by atomic mass is 9.93. The zero-order chi connectivity index (χ0) is 15.2. The van der Waals surface area contributed by atoms with Crippen molar-refractivity contribution in [3.05, 3.63) is 0 Å². The van der Waals surface area contributed by atoms with Crippen LogP contribution in [0.3, 0.4) is 0 Å². The molecule has 1 unspecified atom stereocenters. The molecule has 116 valence electrons. The van der Waals surface area contributed by atoms with Gasteiger partial charge in [0.25, 0.3) is 0 Å². The summed E-state index contributed by atoms with van der Waals surface area (Å²) in [5.41, 5.74) is -0.723. The number of carbonyl (C=O) groups excluding carboxylic acids is 1. The lowest BCUT2D eigenvalue weighted by Crippen LogP contribution is -2.48. The highest BCUT2D eigenvalue weighted by molar-refractivity contribution is 5.76. The molecule has 0 radical (unpaired) electrons. The minimum atomic E-state index is -0.839. The van der Waals surface area contributed by atoms with E-state index in [0.29, 0.717) is 38.8 Å². The number of aliphatic carboxylic acids is 1. The average molecular weight is 286 g/mol. The number of nitrogens with zero attached hydrogens (tertiary/aromatic N) is 1. The van der Waals surface area contributed by atoms with Crippen LogP contribution in [0.25, 0.3) is 0 Å². The van der Waals surface area contributed by atoms with E-state index < -0.39 is 17.5 Å². The predicted octanol–water partition coefficient (Wildman–Crippen LogP) is 1.43. The van der Waals surface area contributed by atoms with Crippen LogP contribution < -0.4 is 5.32 Å². The standard InChI is InChI=1S/C14H26N2O4/c1-3-14(20,4-2)7-8-15-13(19)16-9-5-6-11(10-16)12(17)18/h11,20H,3-10H2,1-2H3,(H,15,19)(H,17,18). The Labute approximate surface area is 120 Å². The first-order valence-electron chi connectivity index (χ1n) is 7.40. The minimum Gasteiger partial charge on any atom is -0.481 e. The summed E-state index contributed by atoms with van der Waals surface area (Å²) in [6.45, 7) is 5.13. The molecule has 0 aliphatic carbocycles. The summed E-state index contributed by atoms with van der Waals surface area (Å²) in [5, 5.41) is 21.9. The van der Waals surface area contributed by atoms with Crippen molar-refractivity contribution < 1.29 is 19.8 Å². The number of rotatable bonds is 6. The molecule has 0 aromatic rings. The third kappa shape index (κ3) is 4.67. The summed E-state index contributed by atoms with van der Waals surface area (Å²) in [6.07, 6.45) is 3.18. The van der Waals surface area contributed by atoms with Gasteiger partial charge in [-0.25, -0.2) is 4.79 Å². The number of hydrogen-bond donors (Lipinski definition) is 3. The second-order valence-corrected chi connectivity index (χ2v) is 5.54. The molecule has 2 amide bonds. The topological polar surface area (TPSA) is 89.9 Å². The zero-order valence-electron chi connectivity index (χ0n) is 12.4. The molecule has 1 aliphatic rings. The van der Waals surface area contributed by atoms with Crippen molar-refractivity contribution >= 4 is 12.0 Å². The fourth-order valence-electron chi connectivity index (χ4n) is 2.48. The molecule has 1 atom stereocenters. The minimum absolute atomic E-state index is 0.231. The Morgan fingerprint density at radius 1 is 1.35 bits per heavy atom. The summed E-state index contributed by atoms with van der Waals surface area (Å²) in [4.78, 5) is 24.5. The molecule has 1 rings (SSSR count). The van der Waals surface area contributed by atoms with Crippen LogP contribution in [0, 0.1) is 5.92 Å². The van der Waals surface area contributed by atoms with Gasteiger partial charge in [0.2, 0.25) is 0 Å². The molecule has 1 fully saturated rings. The predicted molar refractivity (Wildman–Crippen MR) is 75.5 cm³/mol. The van der Waals surface area contributed by atoms with Crippen molar-refractivity contribution in [3.63, 3.8) is 0 Å². The van der Waals surface area contributed by atoms with Crippen molar-refractivity contribution in [1.82, 2.24) is 10.2 Å². The molecular formula is C14H26N2O4. The highest BCUT2D eigenvalue weighted by Gasteiger charge is 2.28. The fraction of sp³-hybridized carbons (Fsp3) is 0.857. The highest BCUT2D eigenvalue weighted by Crippen LogP contribution is 2.19. The van der Waals surface area contributed by atoms with Crippen molar-refractivity contribution in [2.75, 3.05) is 19.6 Å². The number of likely N-dealkylation sites (tertiary alicyclic amines) is 1. The first kappa shape index (κ1) is 16.8. The maximum absolute atomic E-state index is 12.0. The van der Waals surface area contributed by atoms with E-state index >= 15 is 0 Å². The van der Waals surface area contributed by atoms with Gasteiger partial charge in [0, 0.05) is 19.6 Å². The number of nitrogens with one attached hydrogen (secondary N) is 1. The van der Waals surface area contributed by atoms with Gasteiger partial charge in [-0.1, -0.05) is 13.8 Å². The molecule has 0 saturated carbocycles. The van der Waals surface area contributed by atoms with E-state index in [4.69, 9.17) is 5.11 Å². The molecule has 0 bridgehead atoms. The van der Waals surface area contributed by atoms with Crippen molar-refractivity contribution in [1.29, 1.82) is 0 Å². The van der Waals surface area contributed by atoms with E-state index in [1.165, 1.54) is 0 Å². The van der Waals surface area contributed by atoms with Gasteiger partial charge in [-0.3, -0.25) is 4.79 Å². The largest absolute Gasteiger partial charge is 0.481 e. The molecule has 3 N–H and O–H groups in total. The van der Waals surface area contributed by atoms with Gasteiger partial charge in [0.05, 0.1) is 11.5 Å². The van der Waals surface area contributed by atoms with Crippen LogP contribution >= 0.6 is 0 Å². The molecule has 6 heteroatoms. The molecule has 6 nitrogen and oxygen atoms in total. The van der Waals surface area contributed by atoms with Crippen LogP contribution in [0.1, 0.15) is 46.0 Å². The molecule has 0 aromatic heterocycles. The molecule has 1 saturated heterocycles. The molecule has 1 heterocycles. The van der Waals surface area contributed by atoms with Crippen LogP contribution in [0.5, 0.6) is 0 Å². The van der Waals surface area contributed by atoms with Gasteiger partial charge in [0.15, 0.2) is 0 Å². The quantitative estimate of drug-likeness (QED) is 0.689. The number of aliphatic hydroxyl groups is 1. The Morgan fingerprint density at radius 2 is 2.00 bits per heavy atom. The van der Waals surface area contributed by atoms with E-state index in [0.717, 1.165) is 6.42 Å². The van der Waals surface area contributed by atoms with Crippen LogP contribution in [-0.2, 0) is 4.79 Å². The van der Waals surface area contributed by atoms with Gasteiger partial charge < -0.3 is 20.4 Å². The van der Waals surface area contributed by atoms with Gasteiger partial charge in [-0.15, -0.1) is 0 Å². The van der Waals surface area contributed by atoms with Gasteiger partial charge in [-0.2, -0.15) is 0 Å². The highest BCUT2D eigenvalue weighted by atomic mass is 16.4. The van der Waals surface area contributed by atoms with Gasteiger partial charge >= 0.3 is 12.0 Å². The molecule has 1 aliphatic heterocycles. The maximum atomic E-state index is 12.0. The van der Waals surface area contributed by atoms with Crippen molar-refractivity contribution in [3.8, 4) is 0 Å². The number of amides is 2. The van der Waals surface area contributed by atoms with E-state index in [9.17, 15) is 14.7 Å².